The van der Waals surface area contributed by atoms with Gasteiger partial charge in [-0.25, -0.2) is 0 Å². The Balaban J connectivity index is 2.07. The summed E-state index contributed by atoms with van der Waals surface area (Å²) in [6, 6.07) is 0.348. The summed E-state index contributed by atoms with van der Waals surface area (Å²) in [6.45, 7) is 1.48. The average molecular weight is 125 g/mol. The zero-order chi connectivity index (χ0) is 6.53. The molecule has 1 saturated heterocycles. The van der Waals surface area contributed by atoms with E-state index in [1.54, 1.807) is 12.6 Å². The lowest BCUT2D eigenvalue weighted by Crippen LogP contribution is -2.31. The van der Waals surface area contributed by atoms with Gasteiger partial charge in [-0.3, -0.25) is 4.99 Å². The lowest BCUT2D eigenvalue weighted by Gasteiger charge is -2.21. The van der Waals surface area contributed by atoms with Crippen molar-refractivity contribution in [1.82, 2.24) is 0 Å². The van der Waals surface area contributed by atoms with Crippen molar-refractivity contribution in [1.29, 1.82) is 5.41 Å². The SMILES string of the molecule is N=C[CH]C=NC1COC1. The molecule has 1 radical (unpaired) electrons. The molecule has 1 heterocycles. The summed E-state index contributed by atoms with van der Waals surface area (Å²) in [5, 5.41) is 6.62. The summed E-state index contributed by atoms with van der Waals surface area (Å²) in [4.78, 5) is 4.06. The van der Waals surface area contributed by atoms with Crippen molar-refractivity contribution in [3.8, 4) is 0 Å². The first-order valence-electron chi connectivity index (χ1n) is 2.87. The smallest absolute Gasteiger partial charge is 0.0962 e. The van der Waals surface area contributed by atoms with Crippen molar-refractivity contribution in [3.63, 3.8) is 0 Å². The molecule has 49 valence electrons. The van der Waals surface area contributed by atoms with Gasteiger partial charge >= 0.3 is 0 Å². The summed E-state index contributed by atoms with van der Waals surface area (Å²) < 4.78 is 4.88. The third-order valence-electron chi connectivity index (χ3n) is 1.10. The van der Waals surface area contributed by atoms with Crippen molar-refractivity contribution in [3.05, 3.63) is 6.42 Å². The minimum absolute atomic E-state index is 0.348. The Bertz CT molecular complexity index is 118. The van der Waals surface area contributed by atoms with E-state index in [4.69, 9.17) is 10.1 Å². The van der Waals surface area contributed by atoms with Crippen molar-refractivity contribution in [2.75, 3.05) is 13.2 Å². The Kier molecular flexibility index (Phi) is 2.39. The van der Waals surface area contributed by atoms with E-state index in [2.05, 4.69) is 4.99 Å². The van der Waals surface area contributed by atoms with Crippen molar-refractivity contribution in [2.45, 2.75) is 6.04 Å². The van der Waals surface area contributed by atoms with Crippen LogP contribution < -0.4 is 0 Å². The van der Waals surface area contributed by atoms with Gasteiger partial charge in [0.1, 0.15) is 0 Å². The minimum Gasteiger partial charge on any atom is -0.377 e. The monoisotopic (exact) mass is 125 g/mol. The van der Waals surface area contributed by atoms with Crippen LogP contribution in [0.15, 0.2) is 4.99 Å². The van der Waals surface area contributed by atoms with Crippen LogP contribution in [0.25, 0.3) is 0 Å². The fraction of sp³-hybridized carbons (Fsp3) is 0.500. The Morgan fingerprint density at radius 2 is 2.33 bits per heavy atom. The highest BCUT2D eigenvalue weighted by atomic mass is 16.5. The number of nitrogens with one attached hydrogen (secondary N) is 1. The van der Waals surface area contributed by atoms with E-state index in [0.29, 0.717) is 6.04 Å². The molecule has 3 heteroatoms. The van der Waals surface area contributed by atoms with Crippen LogP contribution in [0.1, 0.15) is 0 Å². The van der Waals surface area contributed by atoms with Crippen LogP contribution >= 0.6 is 0 Å². The van der Waals surface area contributed by atoms with Crippen LogP contribution in [-0.4, -0.2) is 31.7 Å². The van der Waals surface area contributed by atoms with E-state index in [1.807, 2.05) is 0 Å². The summed E-state index contributed by atoms with van der Waals surface area (Å²) in [6.07, 6.45) is 4.45. The molecule has 0 aromatic heterocycles. The second-order valence-electron chi connectivity index (χ2n) is 1.85. The van der Waals surface area contributed by atoms with Crippen LogP contribution in [0.3, 0.4) is 0 Å². The Hall–Kier alpha value is -0.700. The number of ether oxygens (including phenoxy) is 1. The van der Waals surface area contributed by atoms with Crippen molar-refractivity contribution < 1.29 is 4.74 Å². The van der Waals surface area contributed by atoms with Gasteiger partial charge in [-0.2, -0.15) is 0 Å². The van der Waals surface area contributed by atoms with Gasteiger partial charge in [0.15, 0.2) is 0 Å². The van der Waals surface area contributed by atoms with Gasteiger partial charge in [0.05, 0.1) is 19.3 Å². The highest BCUT2D eigenvalue weighted by Gasteiger charge is 2.14. The highest BCUT2D eigenvalue weighted by Crippen LogP contribution is 2.03. The number of rotatable bonds is 3. The molecule has 0 aromatic carbocycles. The predicted molar refractivity (Wildman–Crippen MR) is 36.2 cm³/mol. The quantitative estimate of drug-likeness (QED) is 0.542. The van der Waals surface area contributed by atoms with Crippen LogP contribution in [0, 0.1) is 11.8 Å². The topological polar surface area (TPSA) is 45.4 Å². The van der Waals surface area contributed by atoms with E-state index in [-0.39, 0.29) is 0 Å². The third-order valence-corrected chi connectivity index (χ3v) is 1.10. The maximum Gasteiger partial charge on any atom is 0.0962 e. The predicted octanol–water partition coefficient (Wildman–Crippen LogP) is 0.310. The van der Waals surface area contributed by atoms with Crippen LogP contribution in [-0.2, 0) is 4.74 Å². The standard InChI is InChI=1S/C6H9N2O/c7-2-1-3-8-6-4-9-5-6/h1-3,6-7H,4-5H2. The fourth-order valence-corrected chi connectivity index (χ4v) is 0.524. The molecule has 0 unspecified atom stereocenters. The highest BCUT2D eigenvalue weighted by molar-refractivity contribution is 5.90. The van der Waals surface area contributed by atoms with Crippen molar-refractivity contribution in [2.24, 2.45) is 4.99 Å². The van der Waals surface area contributed by atoms with Gasteiger partial charge in [0.2, 0.25) is 0 Å². The largest absolute Gasteiger partial charge is 0.377 e. The lowest BCUT2D eigenvalue weighted by atomic mass is 10.3. The molecule has 0 amide bonds. The molecule has 1 aliphatic heterocycles. The molecule has 1 fully saturated rings. The molecule has 3 nitrogen and oxygen atoms in total. The Morgan fingerprint density at radius 1 is 1.56 bits per heavy atom. The van der Waals surface area contributed by atoms with Crippen LogP contribution in [0.5, 0.6) is 0 Å². The first-order chi connectivity index (χ1) is 4.43. The van der Waals surface area contributed by atoms with Gasteiger partial charge < -0.3 is 10.1 Å². The van der Waals surface area contributed by atoms with Gasteiger partial charge in [-0.15, -0.1) is 0 Å². The molecule has 0 spiro atoms. The maximum absolute atomic E-state index is 6.62. The van der Waals surface area contributed by atoms with E-state index < -0.39 is 0 Å². The first-order valence-corrected chi connectivity index (χ1v) is 2.87. The Labute approximate surface area is 54.3 Å². The van der Waals surface area contributed by atoms with E-state index in [1.165, 1.54) is 6.21 Å². The summed E-state index contributed by atoms with van der Waals surface area (Å²) in [5.74, 6) is 0. The lowest BCUT2D eigenvalue weighted by molar-refractivity contribution is 0.0135. The number of hydrogen-bond donors (Lipinski definition) is 1. The summed E-state index contributed by atoms with van der Waals surface area (Å²) in [5.41, 5.74) is 0. The van der Waals surface area contributed by atoms with Crippen LogP contribution in [0.4, 0.5) is 0 Å². The van der Waals surface area contributed by atoms with Gasteiger partial charge in [0, 0.05) is 18.9 Å². The first kappa shape index (κ1) is 6.42. The zero-order valence-electron chi connectivity index (χ0n) is 5.08. The normalized spacial score (nSPS) is 20.0. The minimum atomic E-state index is 0.348. The molecule has 1 N–H and O–H groups in total. The van der Waals surface area contributed by atoms with Crippen LogP contribution in [0.2, 0.25) is 0 Å². The van der Waals surface area contributed by atoms with Gasteiger partial charge in [-0.1, -0.05) is 0 Å². The molecule has 9 heavy (non-hydrogen) atoms. The second-order valence-corrected chi connectivity index (χ2v) is 1.85. The Morgan fingerprint density at radius 3 is 2.78 bits per heavy atom. The third kappa shape index (κ3) is 1.93. The fourth-order valence-electron chi connectivity index (χ4n) is 0.524. The molecule has 0 saturated carbocycles. The summed E-state index contributed by atoms with van der Waals surface area (Å²) >= 11 is 0. The zero-order valence-corrected chi connectivity index (χ0v) is 5.08. The number of hydrogen-bond acceptors (Lipinski definition) is 3. The molecule has 0 bridgehead atoms. The molecule has 0 atom stereocenters. The molecule has 1 aliphatic rings. The van der Waals surface area contributed by atoms with E-state index in [0.717, 1.165) is 13.2 Å². The van der Waals surface area contributed by atoms with Gasteiger partial charge in [0.25, 0.3) is 0 Å². The maximum atomic E-state index is 6.62. The summed E-state index contributed by atoms with van der Waals surface area (Å²) in [7, 11) is 0. The second kappa shape index (κ2) is 3.35. The van der Waals surface area contributed by atoms with E-state index >= 15 is 0 Å². The van der Waals surface area contributed by atoms with Gasteiger partial charge in [-0.05, 0) is 0 Å². The molecule has 0 aliphatic carbocycles. The molecular weight excluding hydrogens is 116 g/mol. The van der Waals surface area contributed by atoms with E-state index in [9.17, 15) is 0 Å². The average Bonchev–Trinajstić information content (AvgIpc) is 1.76. The number of nitrogens with zero attached hydrogens (tertiary/aromatic N) is 1. The van der Waals surface area contributed by atoms with Crippen molar-refractivity contribution >= 4 is 12.4 Å². The number of aliphatic imine (C=N–C) groups is 1. The molecule has 0 aromatic rings. The molecule has 1 rings (SSSR count). The molecular formula is C6H9N2O.